The first-order valence-corrected chi connectivity index (χ1v) is 6.44. The van der Waals surface area contributed by atoms with Crippen molar-refractivity contribution in [3.8, 4) is 0 Å². The van der Waals surface area contributed by atoms with Crippen LogP contribution < -0.4 is 10.9 Å². The number of halogens is 1. The van der Waals surface area contributed by atoms with E-state index in [1.165, 1.54) is 6.07 Å². The van der Waals surface area contributed by atoms with Crippen LogP contribution in [-0.4, -0.2) is 11.9 Å². The summed E-state index contributed by atoms with van der Waals surface area (Å²) in [6.07, 6.45) is 0.788. The fourth-order valence-electron chi connectivity index (χ4n) is 1.67. The van der Waals surface area contributed by atoms with Crippen molar-refractivity contribution >= 4 is 28.5 Å². The minimum absolute atomic E-state index is 0.00181. The molecular formula is C14H14ClNO3. The molecule has 0 aliphatic heterocycles. The molecule has 0 fully saturated rings. The van der Waals surface area contributed by atoms with Crippen LogP contribution in [0.25, 0.3) is 11.0 Å². The lowest BCUT2D eigenvalue weighted by molar-refractivity contribution is 0.0935. The van der Waals surface area contributed by atoms with Crippen molar-refractivity contribution in [2.45, 2.75) is 26.3 Å². The molecule has 1 aromatic heterocycles. The summed E-state index contributed by atoms with van der Waals surface area (Å²) in [5.74, 6) is -0.426. The van der Waals surface area contributed by atoms with Crippen molar-refractivity contribution < 1.29 is 9.21 Å². The number of amides is 1. The summed E-state index contributed by atoms with van der Waals surface area (Å²) < 4.78 is 5.11. The fourth-order valence-corrected chi connectivity index (χ4v) is 1.89. The van der Waals surface area contributed by atoms with E-state index in [4.69, 9.17) is 16.0 Å². The van der Waals surface area contributed by atoms with Gasteiger partial charge in [0.2, 0.25) is 0 Å². The standard InChI is InChI=1S/C14H14ClNO3/c1-3-8(2)16-13(17)10-7-9-5-4-6-11(15)12(9)19-14(10)18/h4-8H,3H2,1-2H3,(H,16,17)/t8-/m0/s1. The van der Waals surface area contributed by atoms with E-state index in [1.807, 2.05) is 13.8 Å². The summed E-state index contributed by atoms with van der Waals surface area (Å²) in [6.45, 7) is 3.82. The second kappa shape index (κ2) is 5.45. The van der Waals surface area contributed by atoms with E-state index >= 15 is 0 Å². The van der Waals surface area contributed by atoms with E-state index in [0.717, 1.165) is 6.42 Å². The van der Waals surface area contributed by atoms with Gasteiger partial charge in [-0.25, -0.2) is 4.79 Å². The summed E-state index contributed by atoms with van der Waals surface area (Å²) in [4.78, 5) is 23.8. The number of para-hydroxylation sites is 1. The Bertz CT molecular complexity index is 678. The molecule has 0 saturated heterocycles. The molecule has 0 aliphatic carbocycles. The van der Waals surface area contributed by atoms with Crippen LogP contribution in [0.4, 0.5) is 0 Å². The zero-order valence-electron chi connectivity index (χ0n) is 10.7. The minimum Gasteiger partial charge on any atom is -0.421 e. The molecule has 1 atom stereocenters. The van der Waals surface area contributed by atoms with Gasteiger partial charge in [0.1, 0.15) is 5.56 Å². The second-order valence-electron chi connectivity index (χ2n) is 4.39. The van der Waals surface area contributed by atoms with Gasteiger partial charge in [-0.3, -0.25) is 4.79 Å². The number of carbonyl (C=O) groups excluding carboxylic acids is 1. The largest absolute Gasteiger partial charge is 0.421 e. The molecular weight excluding hydrogens is 266 g/mol. The molecule has 0 aliphatic rings. The topological polar surface area (TPSA) is 59.3 Å². The maximum Gasteiger partial charge on any atom is 0.349 e. The van der Waals surface area contributed by atoms with Crippen LogP contribution in [0.2, 0.25) is 5.02 Å². The third-order valence-corrected chi connectivity index (χ3v) is 3.24. The maximum atomic E-state index is 12.0. The number of hydrogen-bond acceptors (Lipinski definition) is 3. The van der Waals surface area contributed by atoms with Gasteiger partial charge in [0.15, 0.2) is 5.58 Å². The monoisotopic (exact) mass is 279 g/mol. The van der Waals surface area contributed by atoms with Crippen LogP contribution in [0.5, 0.6) is 0 Å². The normalized spacial score (nSPS) is 12.4. The third kappa shape index (κ3) is 2.79. The molecule has 19 heavy (non-hydrogen) atoms. The minimum atomic E-state index is -0.679. The lowest BCUT2D eigenvalue weighted by Gasteiger charge is -2.10. The molecule has 1 amide bonds. The van der Waals surface area contributed by atoms with E-state index < -0.39 is 11.5 Å². The van der Waals surface area contributed by atoms with Gasteiger partial charge in [0.05, 0.1) is 5.02 Å². The van der Waals surface area contributed by atoms with Gasteiger partial charge in [0, 0.05) is 11.4 Å². The summed E-state index contributed by atoms with van der Waals surface area (Å²) in [6, 6.07) is 6.61. The average Bonchev–Trinajstić information content (AvgIpc) is 2.39. The van der Waals surface area contributed by atoms with Crippen molar-refractivity contribution in [3.63, 3.8) is 0 Å². The predicted octanol–water partition coefficient (Wildman–Crippen LogP) is 2.97. The Morgan fingerprint density at radius 3 is 2.89 bits per heavy atom. The highest BCUT2D eigenvalue weighted by Crippen LogP contribution is 2.22. The molecule has 0 bridgehead atoms. The highest BCUT2D eigenvalue weighted by atomic mass is 35.5. The lowest BCUT2D eigenvalue weighted by atomic mass is 10.1. The number of nitrogens with one attached hydrogen (secondary N) is 1. The quantitative estimate of drug-likeness (QED) is 0.879. The highest BCUT2D eigenvalue weighted by molar-refractivity contribution is 6.34. The summed E-state index contributed by atoms with van der Waals surface area (Å²) in [7, 11) is 0. The maximum absolute atomic E-state index is 12.0. The Kier molecular flexibility index (Phi) is 3.90. The summed E-state index contributed by atoms with van der Waals surface area (Å²) >= 11 is 5.93. The molecule has 0 unspecified atom stereocenters. The highest BCUT2D eigenvalue weighted by Gasteiger charge is 2.15. The average molecular weight is 280 g/mol. The van der Waals surface area contributed by atoms with E-state index in [-0.39, 0.29) is 11.6 Å². The van der Waals surface area contributed by atoms with Crippen molar-refractivity contribution in [1.82, 2.24) is 5.32 Å². The molecule has 1 heterocycles. The van der Waals surface area contributed by atoms with Gasteiger partial charge in [-0.05, 0) is 25.5 Å². The number of benzene rings is 1. The first kappa shape index (κ1) is 13.6. The van der Waals surface area contributed by atoms with E-state index in [0.29, 0.717) is 16.0 Å². The lowest BCUT2D eigenvalue weighted by Crippen LogP contribution is -2.34. The van der Waals surface area contributed by atoms with Crippen LogP contribution >= 0.6 is 11.6 Å². The summed E-state index contributed by atoms with van der Waals surface area (Å²) in [5.41, 5.74) is -0.384. The number of carbonyl (C=O) groups is 1. The van der Waals surface area contributed by atoms with Crippen molar-refractivity contribution in [2.24, 2.45) is 0 Å². The molecule has 100 valence electrons. The molecule has 0 saturated carbocycles. The predicted molar refractivity (Wildman–Crippen MR) is 74.7 cm³/mol. The number of fused-ring (bicyclic) bond motifs is 1. The van der Waals surface area contributed by atoms with Crippen LogP contribution in [-0.2, 0) is 0 Å². The van der Waals surface area contributed by atoms with Gasteiger partial charge in [-0.15, -0.1) is 0 Å². The Balaban J connectivity index is 2.48. The van der Waals surface area contributed by atoms with Gasteiger partial charge >= 0.3 is 5.63 Å². The summed E-state index contributed by atoms with van der Waals surface area (Å²) in [5, 5.41) is 3.71. The van der Waals surface area contributed by atoms with Crippen molar-refractivity contribution in [3.05, 3.63) is 45.3 Å². The molecule has 0 spiro atoms. The molecule has 2 rings (SSSR count). The third-order valence-electron chi connectivity index (χ3n) is 2.95. The molecule has 5 heteroatoms. The van der Waals surface area contributed by atoms with Crippen molar-refractivity contribution in [1.29, 1.82) is 0 Å². The zero-order valence-corrected chi connectivity index (χ0v) is 11.5. The van der Waals surface area contributed by atoms with E-state index in [1.54, 1.807) is 18.2 Å². The van der Waals surface area contributed by atoms with Crippen LogP contribution in [0, 0.1) is 0 Å². The first-order chi connectivity index (χ1) is 9.02. The number of rotatable bonds is 3. The first-order valence-electron chi connectivity index (χ1n) is 6.06. The zero-order chi connectivity index (χ0) is 14.0. The van der Waals surface area contributed by atoms with Gasteiger partial charge in [0.25, 0.3) is 5.91 Å². The molecule has 1 aromatic carbocycles. The smallest absolute Gasteiger partial charge is 0.349 e. The van der Waals surface area contributed by atoms with Gasteiger partial charge in [-0.1, -0.05) is 30.7 Å². The Labute approximate surface area is 115 Å². The Morgan fingerprint density at radius 2 is 2.21 bits per heavy atom. The molecule has 2 aromatic rings. The van der Waals surface area contributed by atoms with Gasteiger partial charge in [-0.2, -0.15) is 0 Å². The Morgan fingerprint density at radius 1 is 1.47 bits per heavy atom. The van der Waals surface area contributed by atoms with Gasteiger partial charge < -0.3 is 9.73 Å². The van der Waals surface area contributed by atoms with Crippen LogP contribution in [0.1, 0.15) is 30.6 Å². The number of hydrogen-bond donors (Lipinski definition) is 1. The van der Waals surface area contributed by atoms with Crippen LogP contribution in [0.3, 0.4) is 0 Å². The molecule has 0 radical (unpaired) electrons. The van der Waals surface area contributed by atoms with Crippen LogP contribution in [0.15, 0.2) is 33.5 Å². The second-order valence-corrected chi connectivity index (χ2v) is 4.80. The fraction of sp³-hybridized carbons (Fsp3) is 0.286. The van der Waals surface area contributed by atoms with E-state index in [9.17, 15) is 9.59 Å². The molecule has 1 N–H and O–H groups in total. The van der Waals surface area contributed by atoms with Crippen molar-refractivity contribution in [2.75, 3.05) is 0 Å². The SMILES string of the molecule is CC[C@H](C)NC(=O)c1cc2cccc(Cl)c2oc1=O. The molecule has 4 nitrogen and oxygen atoms in total. The Hall–Kier alpha value is -1.81. The van der Waals surface area contributed by atoms with E-state index in [2.05, 4.69) is 5.32 Å².